The summed E-state index contributed by atoms with van der Waals surface area (Å²) in [6.45, 7) is 2.40. The van der Waals surface area contributed by atoms with Crippen LogP contribution in [0.4, 0.5) is 0 Å². The molecule has 2 N–H and O–H groups in total. The van der Waals surface area contributed by atoms with Crippen LogP contribution in [0.2, 0.25) is 0 Å². The number of nitrogens with zero attached hydrogens (tertiary/aromatic N) is 3. The Bertz CT molecular complexity index is 578. The average molecular weight is 245 g/mol. The van der Waals surface area contributed by atoms with E-state index >= 15 is 0 Å². The van der Waals surface area contributed by atoms with Crippen LogP contribution in [-0.2, 0) is 13.6 Å². The first kappa shape index (κ1) is 13.4. The van der Waals surface area contributed by atoms with Crippen LogP contribution in [0.5, 0.6) is 0 Å². The van der Waals surface area contributed by atoms with E-state index in [1.807, 2.05) is 0 Å². The number of aliphatic hydroxyl groups is 2. The number of hydrogen-bond acceptors (Lipinski definition) is 5. The van der Waals surface area contributed by atoms with E-state index in [9.17, 15) is 24.6 Å². The van der Waals surface area contributed by atoms with E-state index in [2.05, 4.69) is 0 Å². The van der Waals surface area contributed by atoms with Crippen LogP contribution in [0, 0.1) is 0 Å². The molecule has 0 aromatic carbocycles. The third-order valence-electron chi connectivity index (χ3n) is 2.27. The highest BCUT2D eigenvalue weighted by atomic mass is 16.3. The topological polar surface area (TPSA) is 106 Å². The molecular formula is C9H15N3O5. The molecule has 1 aromatic heterocycles. The molecule has 8 heteroatoms. The molecule has 17 heavy (non-hydrogen) atoms. The van der Waals surface area contributed by atoms with Gasteiger partial charge in [0.25, 0.3) is 0 Å². The molecule has 2 atom stereocenters. The van der Waals surface area contributed by atoms with Crippen LogP contribution in [0.15, 0.2) is 14.4 Å². The zero-order valence-electron chi connectivity index (χ0n) is 9.82. The third-order valence-corrected chi connectivity index (χ3v) is 2.27. The molecule has 0 aliphatic heterocycles. The summed E-state index contributed by atoms with van der Waals surface area (Å²) < 4.78 is 1.96. The summed E-state index contributed by atoms with van der Waals surface area (Å²) in [6, 6.07) is 0. The zero-order chi connectivity index (χ0) is 13.3. The Balaban J connectivity index is 3.69. The van der Waals surface area contributed by atoms with Crippen molar-refractivity contribution in [3.05, 3.63) is 31.5 Å². The predicted molar refractivity (Wildman–Crippen MR) is 58.8 cm³/mol. The van der Waals surface area contributed by atoms with Gasteiger partial charge >= 0.3 is 17.1 Å². The van der Waals surface area contributed by atoms with Crippen LogP contribution in [0.25, 0.3) is 0 Å². The molecule has 0 fully saturated rings. The number of rotatable bonds is 3. The molecule has 0 spiro atoms. The minimum atomic E-state index is -1.35. The van der Waals surface area contributed by atoms with E-state index in [4.69, 9.17) is 0 Å². The van der Waals surface area contributed by atoms with Crippen molar-refractivity contribution in [2.75, 3.05) is 0 Å². The first-order valence-electron chi connectivity index (χ1n) is 5.06. The molecule has 0 amide bonds. The smallest absolute Gasteiger partial charge is 0.338 e. The number of aromatic nitrogens is 3. The molecule has 1 aromatic rings. The van der Waals surface area contributed by atoms with Gasteiger partial charge in [-0.3, -0.25) is 0 Å². The number of aliphatic hydroxyl groups excluding tert-OH is 2. The molecule has 0 saturated carbocycles. The largest absolute Gasteiger partial charge is 0.392 e. The van der Waals surface area contributed by atoms with Gasteiger partial charge in [-0.25, -0.2) is 28.1 Å². The molecule has 0 saturated heterocycles. The lowest BCUT2D eigenvalue weighted by atomic mass is 10.4. The van der Waals surface area contributed by atoms with Crippen molar-refractivity contribution >= 4 is 0 Å². The van der Waals surface area contributed by atoms with E-state index in [1.54, 1.807) is 0 Å². The molecule has 0 aliphatic carbocycles. The molecular weight excluding hydrogens is 230 g/mol. The van der Waals surface area contributed by atoms with Gasteiger partial charge in [0.1, 0.15) is 6.23 Å². The van der Waals surface area contributed by atoms with Crippen molar-refractivity contribution in [3.8, 4) is 0 Å². The number of hydrogen-bond donors (Lipinski definition) is 2. The van der Waals surface area contributed by atoms with Crippen molar-refractivity contribution in [3.63, 3.8) is 0 Å². The van der Waals surface area contributed by atoms with Crippen LogP contribution in [-0.4, -0.2) is 30.0 Å². The normalized spacial score (nSPS) is 14.6. The quantitative estimate of drug-likeness (QED) is 0.617. The maximum atomic E-state index is 11.8. The van der Waals surface area contributed by atoms with Gasteiger partial charge in [0, 0.05) is 7.05 Å². The van der Waals surface area contributed by atoms with Gasteiger partial charge < -0.3 is 10.2 Å². The highest BCUT2D eigenvalue weighted by Crippen LogP contribution is 1.89. The fourth-order valence-corrected chi connectivity index (χ4v) is 1.46. The highest BCUT2D eigenvalue weighted by Gasteiger charge is 2.16. The Morgan fingerprint density at radius 1 is 1.06 bits per heavy atom. The van der Waals surface area contributed by atoms with E-state index in [0.29, 0.717) is 13.7 Å². The summed E-state index contributed by atoms with van der Waals surface area (Å²) in [7, 11) is 1.20. The van der Waals surface area contributed by atoms with Gasteiger partial charge in [-0.15, -0.1) is 0 Å². The summed E-state index contributed by atoms with van der Waals surface area (Å²) in [5, 5.41) is 18.5. The Morgan fingerprint density at radius 2 is 1.59 bits per heavy atom. The van der Waals surface area contributed by atoms with E-state index < -0.39 is 29.4 Å². The highest BCUT2D eigenvalue weighted by molar-refractivity contribution is 4.79. The molecule has 96 valence electrons. The minimum Gasteiger partial charge on any atom is -0.392 e. The van der Waals surface area contributed by atoms with Crippen molar-refractivity contribution in [2.45, 2.75) is 32.7 Å². The maximum absolute atomic E-state index is 11.8. The van der Waals surface area contributed by atoms with Crippen molar-refractivity contribution in [2.24, 2.45) is 7.05 Å². The fraction of sp³-hybridized carbons (Fsp3) is 0.667. The van der Waals surface area contributed by atoms with Gasteiger partial charge in [0.05, 0.1) is 12.6 Å². The Kier molecular flexibility index (Phi) is 3.69. The van der Waals surface area contributed by atoms with E-state index in [0.717, 1.165) is 0 Å². The summed E-state index contributed by atoms with van der Waals surface area (Å²) in [5.41, 5.74) is -2.65. The molecule has 0 aliphatic rings. The van der Waals surface area contributed by atoms with Crippen LogP contribution < -0.4 is 17.1 Å². The molecule has 2 unspecified atom stereocenters. The minimum absolute atomic E-state index is 0.238. The molecule has 8 nitrogen and oxygen atoms in total. The zero-order valence-corrected chi connectivity index (χ0v) is 9.82. The summed E-state index contributed by atoms with van der Waals surface area (Å²) in [4.78, 5) is 35.0. The second kappa shape index (κ2) is 4.68. The first-order chi connectivity index (χ1) is 7.77. The first-order valence-corrected chi connectivity index (χ1v) is 5.06. The molecule has 1 rings (SSSR count). The Hall–Kier alpha value is -1.67. The van der Waals surface area contributed by atoms with Crippen LogP contribution in [0.1, 0.15) is 20.1 Å². The summed E-state index contributed by atoms with van der Waals surface area (Å²) >= 11 is 0. The Morgan fingerprint density at radius 3 is 2.00 bits per heavy atom. The lowest BCUT2D eigenvalue weighted by Gasteiger charge is -2.14. The van der Waals surface area contributed by atoms with Gasteiger partial charge in [-0.2, -0.15) is 0 Å². The Labute approximate surface area is 96.0 Å². The van der Waals surface area contributed by atoms with E-state index in [-0.39, 0.29) is 6.54 Å². The van der Waals surface area contributed by atoms with Crippen molar-refractivity contribution in [1.29, 1.82) is 0 Å². The maximum Gasteiger partial charge on any atom is 0.338 e. The SMILES string of the molecule is CC(O)Cn1c(=O)n(C)c(=O)n(C(C)O)c1=O. The van der Waals surface area contributed by atoms with Gasteiger partial charge in [0.15, 0.2) is 0 Å². The predicted octanol–water partition coefficient (Wildman–Crippen LogP) is -2.40. The monoisotopic (exact) mass is 245 g/mol. The van der Waals surface area contributed by atoms with Gasteiger partial charge in [0.2, 0.25) is 0 Å². The second-order valence-corrected chi connectivity index (χ2v) is 3.87. The van der Waals surface area contributed by atoms with Crippen molar-refractivity contribution in [1.82, 2.24) is 13.7 Å². The summed E-state index contributed by atoms with van der Waals surface area (Å²) in [5.74, 6) is 0. The van der Waals surface area contributed by atoms with Crippen molar-refractivity contribution < 1.29 is 10.2 Å². The van der Waals surface area contributed by atoms with E-state index in [1.165, 1.54) is 20.9 Å². The fourth-order valence-electron chi connectivity index (χ4n) is 1.46. The standard InChI is InChI=1S/C9H15N3O5/c1-5(13)4-11-7(15)10(3)8(16)12(6(2)14)9(11)17/h5-6,13-14H,4H2,1-3H3. The summed E-state index contributed by atoms with van der Waals surface area (Å²) in [6.07, 6.45) is -2.26. The third kappa shape index (κ3) is 2.37. The lowest BCUT2D eigenvalue weighted by molar-refractivity contribution is 0.104. The molecule has 0 radical (unpaired) electrons. The van der Waals surface area contributed by atoms with Crippen LogP contribution >= 0.6 is 0 Å². The van der Waals surface area contributed by atoms with Gasteiger partial charge in [-0.05, 0) is 13.8 Å². The second-order valence-electron chi connectivity index (χ2n) is 3.87. The average Bonchev–Trinajstić information content (AvgIpc) is 2.21. The molecule has 0 bridgehead atoms. The lowest BCUT2D eigenvalue weighted by Crippen LogP contribution is -2.55. The van der Waals surface area contributed by atoms with Gasteiger partial charge in [-0.1, -0.05) is 0 Å². The van der Waals surface area contributed by atoms with Crippen LogP contribution in [0.3, 0.4) is 0 Å². The molecule has 1 heterocycles.